The van der Waals surface area contributed by atoms with Gasteiger partial charge in [0.15, 0.2) is 5.03 Å². The lowest BCUT2D eigenvalue weighted by atomic mass is 10.0. The van der Waals surface area contributed by atoms with Crippen LogP contribution in [0.15, 0.2) is 35.5 Å². The third-order valence-corrected chi connectivity index (χ3v) is 5.44. The van der Waals surface area contributed by atoms with Gasteiger partial charge in [-0.3, -0.25) is 8.99 Å². The van der Waals surface area contributed by atoms with Gasteiger partial charge in [0.25, 0.3) is 10.0 Å². The Morgan fingerprint density at radius 3 is 2.70 bits per heavy atom. The molecule has 1 unspecified atom stereocenters. The number of aliphatic hydroxyl groups is 1. The maximum absolute atomic E-state index is 12.7. The highest BCUT2D eigenvalue weighted by Crippen LogP contribution is 2.39. The third-order valence-electron chi connectivity index (χ3n) is 3.59. The Bertz CT molecular complexity index is 767. The number of sulfonamides is 1. The van der Waals surface area contributed by atoms with E-state index in [0.29, 0.717) is 23.4 Å². The molecule has 2 heterocycles. The van der Waals surface area contributed by atoms with Crippen LogP contribution in [0.5, 0.6) is 0 Å². The fraction of sp³-hybridized carbons (Fsp3) is 0.308. The Balaban J connectivity index is 2.39. The second-order valence-corrected chi connectivity index (χ2v) is 6.54. The molecule has 0 amide bonds. The largest absolute Gasteiger partial charge is 0.383 e. The number of rotatable bonds is 1. The fourth-order valence-corrected chi connectivity index (χ4v) is 4.11. The number of hydrogen-bond donors (Lipinski definition) is 1. The van der Waals surface area contributed by atoms with E-state index in [2.05, 4.69) is 5.10 Å². The van der Waals surface area contributed by atoms with Gasteiger partial charge in [-0.25, -0.2) is 0 Å². The van der Waals surface area contributed by atoms with Gasteiger partial charge in [0.05, 0.1) is 11.9 Å². The van der Waals surface area contributed by atoms with Gasteiger partial charge in [-0.05, 0) is 13.0 Å². The monoisotopic (exact) mass is 293 g/mol. The lowest BCUT2D eigenvalue weighted by Crippen LogP contribution is -2.28. The van der Waals surface area contributed by atoms with Crippen LogP contribution in [-0.4, -0.2) is 30.4 Å². The summed E-state index contributed by atoms with van der Waals surface area (Å²) >= 11 is 0. The van der Waals surface area contributed by atoms with Gasteiger partial charge in [-0.15, -0.1) is 0 Å². The van der Waals surface area contributed by atoms with Gasteiger partial charge < -0.3 is 5.11 Å². The predicted molar refractivity (Wildman–Crippen MR) is 74.0 cm³/mol. The van der Waals surface area contributed by atoms with Crippen molar-refractivity contribution in [3.05, 3.63) is 41.6 Å². The minimum Gasteiger partial charge on any atom is -0.383 e. The third kappa shape index (κ3) is 1.60. The number of benzene rings is 1. The summed E-state index contributed by atoms with van der Waals surface area (Å²) < 4.78 is 28.1. The predicted octanol–water partition coefficient (Wildman–Crippen LogP) is 1.12. The zero-order valence-corrected chi connectivity index (χ0v) is 12.0. The molecule has 0 spiro atoms. The molecule has 3 rings (SSSR count). The second kappa shape index (κ2) is 4.32. The first-order valence-electron chi connectivity index (χ1n) is 6.30. The van der Waals surface area contributed by atoms with Gasteiger partial charge in [0.2, 0.25) is 0 Å². The van der Waals surface area contributed by atoms with Crippen molar-refractivity contribution in [1.29, 1.82) is 0 Å². The van der Waals surface area contributed by atoms with E-state index in [1.807, 2.05) is 6.92 Å². The van der Waals surface area contributed by atoms with Crippen LogP contribution in [0.1, 0.15) is 24.2 Å². The molecule has 2 aromatic rings. The number of para-hydroxylation sites is 1. The van der Waals surface area contributed by atoms with Gasteiger partial charge in [-0.2, -0.15) is 13.5 Å². The summed E-state index contributed by atoms with van der Waals surface area (Å²) in [6.45, 7) is 2.23. The summed E-state index contributed by atoms with van der Waals surface area (Å²) in [6.07, 6.45) is 0.429. The Kier molecular flexibility index (Phi) is 2.84. The Labute approximate surface area is 117 Å². The molecule has 0 fully saturated rings. The number of nitrogens with zero attached hydrogens (tertiary/aromatic N) is 3. The molecule has 6 nitrogen and oxygen atoms in total. The van der Waals surface area contributed by atoms with E-state index < -0.39 is 16.1 Å². The molecule has 1 aliphatic rings. The van der Waals surface area contributed by atoms with E-state index in [1.54, 1.807) is 24.3 Å². The summed E-state index contributed by atoms with van der Waals surface area (Å²) in [5.41, 5.74) is 1.37. The van der Waals surface area contributed by atoms with Gasteiger partial charge in [0, 0.05) is 24.7 Å². The molecule has 0 bridgehead atoms. The molecular formula is C13H15N3O3S. The summed E-state index contributed by atoms with van der Waals surface area (Å²) in [6, 6.07) is 6.94. The first-order chi connectivity index (χ1) is 9.48. The number of anilines is 1. The number of fused-ring (bicyclic) bond motifs is 2. The van der Waals surface area contributed by atoms with E-state index in [-0.39, 0.29) is 5.03 Å². The van der Waals surface area contributed by atoms with Crippen molar-refractivity contribution in [1.82, 2.24) is 9.78 Å². The normalized spacial score (nSPS) is 20.1. The molecule has 1 aromatic heterocycles. The molecule has 0 saturated heterocycles. The first-order valence-corrected chi connectivity index (χ1v) is 7.74. The van der Waals surface area contributed by atoms with Crippen molar-refractivity contribution >= 4 is 15.7 Å². The topological polar surface area (TPSA) is 75.4 Å². The van der Waals surface area contributed by atoms with Gasteiger partial charge >= 0.3 is 0 Å². The van der Waals surface area contributed by atoms with E-state index >= 15 is 0 Å². The average Bonchev–Trinajstić information content (AvgIpc) is 2.87. The average molecular weight is 293 g/mol. The maximum Gasteiger partial charge on any atom is 0.281 e. The van der Waals surface area contributed by atoms with Crippen molar-refractivity contribution in [2.45, 2.75) is 24.6 Å². The number of aliphatic hydroxyl groups excluding tert-OH is 1. The van der Waals surface area contributed by atoms with E-state index in [1.165, 1.54) is 22.2 Å². The highest BCUT2D eigenvalue weighted by Gasteiger charge is 2.37. The molecule has 1 aromatic carbocycles. The number of hydrogen-bond acceptors (Lipinski definition) is 4. The molecule has 7 heteroatoms. The van der Waals surface area contributed by atoms with E-state index in [4.69, 9.17) is 0 Å². The fourth-order valence-electron chi connectivity index (χ4n) is 2.52. The molecule has 0 saturated carbocycles. The van der Waals surface area contributed by atoms with Crippen molar-refractivity contribution in [2.24, 2.45) is 0 Å². The minimum absolute atomic E-state index is 0.0613. The van der Waals surface area contributed by atoms with Crippen molar-refractivity contribution in [3.8, 4) is 0 Å². The zero-order valence-electron chi connectivity index (χ0n) is 11.2. The summed E-state index contributed by atoms with van der Waals surface area (Å²) in [5.74, 6) is 0. The van der Waals surface area contributed by atoms with E-state index in [0.717, 1.165) is 0 Å². The number of aromatic nitrogens is 2. The molecule has 106 valence electrons. The zero-order chi connectivity index (χ0) is 14.5. The van der Waals surface area contributed by atoms with Crippen LogP contribution in [0.4, 0.5) is 5.69 Å². The highest BCUT2D eigenvalue weighted by atomic mass is 32.2. The van der Waals surface area contributed by atoms with E-state index in [9.17, 15) is 13.5 Å². The Morgan fingerprint density at radius 1 is 1.30 bits per heavy atom. The minimum atomic E-state index is -3.73. The number of aryl methyl sites for hydroxylation is 1. The van der Waals surface area contributed by atoms with Crippen LogP contribution >= 0.6 is 0 Å². The van der Waals surface area contributed by atoms with Gasteiger partial charge in [0.1, 0.15) is 6.10 Å². The first kappa shape index (κ1) is 13.1. The molecule has 20 heavy (non-hydrogen) atoms. The summed E-state index contributed by atoms with van der Waals surface area (Å²) in [7, 11) is -2.24. The maximum atomic E-state index is 12.7. The quantitative estimate of drug-likeness (QED) is 0.855. The molecule has 1 aliphatic heterocycles. The van der Waals surface area contributed by atoms with Crippen LogP contribution in [0.2, 0.25) is 0 Å². The van der Waals surface area contributed by atoms with Crippen LogP contribution in [-0.2, 0) is 16.6 Å². The smallest absolute Gasteiger partial charge is 0.281 e. The highest BCUT2D eigenvalue weighted by molar-refractivity contribution is 7.92. The van der Waals surface area contributed by atoms with Crippen molar-refractivity contribution in [2.75, 3.05) is 11.4 Å². The van der Waals surface area contributed by atoms with Gasteiger partial charge in [-0.1, -0.05) is 18.2 Å². The van der Waals surface area contributed by atoms with Crippen LogP contribution in [0, 0.1) is 0 Å². The SMILES string of the molecule is CCn1ncc2c1S(=O)(=O)N(C)c1ccccc1C2O. The molecular weight excluding hydrogens is 278 g/mol. The Morgan fingerprint density at radius 2 is 2.00 bits per heavy atom. The molecule has 1 atom stereocenters. The Hall–Kier alpha value is -1.86. The lowest BCUT2D eigenvalue weighted by molar-refractivity contribution is 0.217. The molecule has 0 aliphatic carbocycles. The standard InChI is InChI=1S/C13H15N3O3S/c1-3-16-13-10(8-14-16)12(17)9-6-4-5-7-11(9)15(2)20(13,18)19/h4-8,12,17H,3H2,1-2H3. The lowest BCUT2D eigenvalue weighted by Gasteiger charge is -2.20. The second-order valence-electron chi connectivity index (χ2n) is 4.65. The molecule has 0 radical (unpaired) electrons. The molecule has 1 N–H and O–H groups in total. The van der Waals surface area contributed by atoms with Crippen LogP contribution < -0.4 is 4.31 Å². The van der Waals surface area contributed by atoms with Crippen molar-refractivity contribution in [3.63, 3.8) is 0 Å². The van der Waals surface area contributed by atoms with Crippen molar-refractivity contribution < 1.29 is 13.5 Å². The van der Waals surface area contributed by atoms with Crippen LogP contribution in [0.3, 0.4) is 0 Å². The summed E-state index contributed by atoms with van der Waals surface area (Å²) in [5, 5.41) is 14.6. The summed E-state index contributed by atoms with van der Waals surface area (Å²) in [4.78, 5) is 0. The van der Waals surface area contributed by atoms with Crippen LogP contribution in [0.25, 0.3) is 0 Å².